The molecular weight excluding hydrogens is 280 g/mol. The third-order valence-corrected chi connectivity index (χ3v) is 3.58. The monoisotopic (exact) mass is 300 g/mol. The number of nitrogens with two attached hydrogens (primary N) is 1. The van der Waals surface area contributed by atoms with Gasteiger partial charge in [0, 0.05) is 11.9 Å². The van der Waals surface area contributed by atoms with Crippen LogP contribution in [0.5, 0.6) is 0 Å². The Bertz CT molecular complexity index is 667. The maximum atomic E-state index is 5.83. The Morgan fingerprint density at radius 2 is 2.14 bits per heavy atom. The van der Waals surface area contributed by atoms with E-state index >= 15 is 0 Å². The molecule has 2 aromatic rings. The standard InChI is InChI=1S/C16H20N4S/c1-4-12-6-5-7-18-13(12)9-19-16-14(15(17)21)10(2)8-11(3)20-16/h5-8H,4,9H2,1-3H3,(H2,17,21)(H,19,20). The molecule has 0 saturated heterocycles. The molecule has 4 nitrogen and oxygen atoms in total. The SMILES string of the molecule is CCc1cccnc1CNc1nc(C)cc(C)c1C(N)=S. The van der Waals surface area contributed by atoms with E-state index in [1.165, 1.54) is 5.56 Å². The van der Waals surface area contributed by atoms with Crippen molar-refractivity contribution in [2.24, 2.45) is 5.73 Å². The van der Waals surface area contributed by atoms with Crippen LogP contribution in [0.1, 0.15) is 35.0 Å². The molecule has 5 heteroatoms. The van der Waals surface area contributed by atoms with Gasteiger partial charge < -0.3 is 11.1 Å². The van der Waals surface area contributed by atoms with Crippen molar-refractivity contribution in [1.29, 1.82) is 0 Å². The summed E-state index contributed by atoms with van der Waals surface area (Å²) in [5, 5.41) is 3.33. The number of rotatable bonds is 5. The minimum atomic E-state index is 0.360. The summed E-state index contributed by atoms with van der Waals surface area (Å²) in [7, 11) is 0. The van der Waals surface area contributed by atoms with Crippen LogP contribution in [-0.4, -0.2) is 15.0 Å². The molecule has 0 aliphatic carbocycles. The second-order valence-corrected chi connectivity index (χ2v) is 5.42. The van der Waals surface area contributed by atoms with Crippen molar-refractivity contribution in [2.75, 3.05) is 5.32 Å². The Morgan fingerprint density at radius 3 is 2.81 bits per heavy atom. The second kappa shape index (κ2) is 6.63. The Labute approximate surface area is 130 Å². The van der Waals surface area contributed by atoms with E-state index in [0.717, 1.165) is 34.8 Å². The molecule has 0 aliphatic heterocycles. The first-order chi connectivity index (χ1) is 10.0. The molecule has 0 bridgehead atoms. The fourth-order valence-electron chi connectivity index (χ4n) is 2.40. The molecule has 0 unspecified atom stereocenters. The van der Waals surface area contributed by atoms with E-state index in [9.17, 15) is 0 Å². The number of pyridine rings is 2. The fourth-order valence-corrected chi connectivity index (χ4v) is 2.65. The summed E-state index contributed by atoms with van der Waals surface area (Å²) in [6, 6.07) is 6.03. The number of nitrogens with one attached hydrogen (secondary N) is 1. The van der Waals surface area contributed by atoms with Crippen molar-refractivity contribution in [3.05, 3.63) is 52.5 Å². The van der Waals surface area contributed by atoms with Gasteiger partial charge in [0.25, 0.3) is 0 Å². The van der Waals surface area contributed by atoms with E-state index in [-0.39, 0.29) is 0 Å². The van der Waals surface area contributed by atoms with Crippen molar-refractivity contribution in [2.45, 2.75) is 33.7 Å². The first kappa shape index (κ1) is 15.4. The summed E-state index contributed by atoms with van der Waals surface area (Å²) in [6.07, 6.45) is 2.76. The van der Waals surface area contributed by atoms with E-state index in [1.807, 2.05) is 26.0 Å². The van der Waals surface area contributed by atoms with Gasteiger partial charge in [-0.2, -0.15) is 0 Å². The van der Waals surface area contributed by atoms with Gasteiger partial charge in [0.2, 0.25) is 0 Å². The van der Waals surface area contributed by atoms with Gasteiger partial charge in [-0.05, 0) is 43.5 Å². The lowest BCUT2D eigenvalue weighted by Crippen LogP contribution is -2.17. The van der Waals surface area contributed by atoms with Crippen LogP contribution in [0.15, 0.2) is 24.4 Å². The minimum absolute atomic E-state index is 0.360. The summed E-state index contributed by atoms with van der Waals surface area (Å²) >= 11 is 5.14. The Morgan fingerprint density at radius 1 is 1.38 bits per heavy atom. The molecule has 2 heterocycles. The molecular formula is C16H20N4S. The maximum Gasteiger partial charge on any atom is 0.137 e. The van der Waals surface area contributed by atoms with Crippen LogP contribution < -0.4 is 11.1 Å². The molecule has 0 atom stereocenters. The summed E-state index contributed by atoms with van der Waals surface area (Å²) in [4.78, 5) is 9.31. The van der Waals surface area contributed by atoms with E-state index in [4.69, 9.17) is 18.0 Å². The van der Waals surface area contributed by atoms with Gasteiger partial charge in [0.15, 0.2) is 0 Å². The summed E-state index contributed by atoms with van der Waals surface area (Å²) < 4.78 is 0. The van der Waals surface area contributed by atoms with Crippen molar-refractivity contribution < 1.29 is 0 Å². The third-order valence-electron chi connectivity index (χ3n) is 3.38. The lowest BCUT2D eigenvalue weighted by molar-refractivity contribution is 0.960. The average Bonchev–Trinajstić information content (AvgIpc) is 2.44. The largest absolute Gasteiger partial charge is 0.389 e. The predicted octanol–water partition coefficient (Wildman–Crippen LogP) is 2.90. The second-order valence-electron chi connectivity index (χ2n) is 4.98. The van der Waals surface area contributed by atoms with Crippen LogP contribution in [0, 0.1) is 13.8 Å². The summed E-state index contributed by atoms with van der Waals surface area (Å²) in [5.41, 5.74) is 10.9. The van der Waals surface area contributed by atoms with Crippen molar-refractivity contribution in [3.8, 4) is 0 Å². The van der Waals surface area contributed by atoms with E-state index in [2.05, 4.69) is 28.3 Å². The number of hydrogen-bond donors (Lipinski definition) is 2. The van der Waals surface area contributed by atoms with Gasteiger partial charge >= 0.3 is 0 Å². The fraction of sp³-hybridized carbons (Fsp3) is 0.312. The summed E-state index contributed by atoms with van der Waals surface area (Å²) in [6.45, 7) is 6.68. The average molecular weight is 300 g/mol. The zero-order valence-corrected chi connectivity index (χ0v) is 13.4. The molecule has 0 amide bonds. The molecule has 2 aromatic heterocycles. The molecule has 0 saturated carbocycles. The Hall–Kier alpha value is -2.01. The van der Waals surface area contributed by atoms with Gasteiger partial charge in [0.05, 0.1) is 17.8 Å². The van der Waals surface area contributed by atoms with Gasteiger partial charge in [-0.1, -0.05) is 25.2 Å². The first-order valence-electron chi connectivity index (χ1n) is 6.97. The Balaban J connectivity index is 2.30. The Kier molecular flexibility index (Phi) is 4.85. The van der Waals surface area contributed by atoms with Crippen LogP contribution in [0.4, 0.5) is 5.82 Å². The molecule has 21 heavy (non-hydrogen) atoms. The van der Waals surface area contributed by atoms with Crippen LogP contribution in [0.3, 0.4) is 0 Å². The molecule has 110 valence electrons. The van der Waals surface area contributed by atoms with Crippen LogP contribution in [0.25, 0.3) is 0 Å². The van der Waals surface area contributed by atoms with Crippen molar-refractivity contribution in [3.63, 3.8) is 0 Å². The third kappa shape index (κ3) is 3.55. The number of aryl methyl sites for hydroxylation is 3. The van der Waals surface area contributed by atoms with E-state index in [1.54, 1.807) is 6.20 Å². The van der Waals surface area contributed by atoms with Gasteiger partial charge in [-0.25, -0.2) is 4.98 Å². The minimum Gasteiger partial charge on any atom is -0.389 e. The molecule has 0 fully saturated rings. The smallest absolute Gasteiger partial charge is 0.137 e. The van der Waals surface area contributed by atoms with Gasteiger partial charge in [0.1, 0.15) is 10.8 Å². The number of aromatic nitrogens is 2. The number of nitrogens with zero attached hydrogens (tertiary/aromatic N) is 2. The number of hydrogen-bond acceptors (Lipinski definition) is 4. The van der Waals surface area contributed by atoms with Gasteiger partial charge in [-0.3, -0.25) is 4.98 Å². The van der Waals surface area contributed by atoms with Crippen LogP contribution >= 0.6 is 12.2 Å². The molecule has 0 aromatic carbocycles. The molecule has 0 radical (unpaired) electrons. The van der Waals surface area contributed by atoms with Crippen molar-refractivity contribution >= 4 is 23.0 Å². The predicted molar refractivity (Wildman–Crippen MR) is 90.5 cm³/mol. The van der Waals surface area contributed by atoms with Crippen LogP contribution in [-0.2, 0) is 13.0 Å². The van der Waals surface area contributed by atoms with Crippen LogP contribution in [0.2, 0.25) is 0 Å². The highest BCUT2D eigenvalue weighted by Gasteiger charge is 2.12. The van der Waals surface area contributed by atoms with Crippen molar-refractivity contribution in [1.82, 2.24) is 9.97 Å². The zero-order chi connectivity index (χ0) is 15.4. The topological polar surface area (TPSA) is 63.8 Å². The summed E-state index contributed by atoms with van der Waals surface area (Å²) in [5.74, 6) is 0.729. The molecule has 0 spiro atoms. The lowest BCUT2D eigenvalue weighted by atomic mass is 10.1. The normalized spacial score (nSPS) is 10.4. The molecule has 0 aliphatic rings. The lowest BCUT2D eigenvalue weighted by Gasteiger charge is -2.14. The molecule has 2 rings (SSSR count). The quantitative estimate of drug-likeness (QED) is 0.831. The highest BCUT2D eigenvalue weighted by atomic mass is 32.1. The highest BCUT2D eigenvalue weighted by Crippen LogP contribution is 2.19. The van der Waals surface area contributed by atoms with E-state index in [0.29, 0.717) is 11.5 Å². The maximum absolute atomic E-state index is 5.83. The van der Waals surface area contributed by atoms with Gasteiger partial charge in [-0.15, -0.1) is 0 Å². The highest BCUT2D eigenvalue weighted by molar-refractivity contribution is 7.80. The first-order valence-corrected chi connectivity index (χ1v) is 7.38. The number of thiocarbonyl (C=S) groups is 1. The zero-order valence-electron chi connectivity index (χ0n) is 12.6. The number of anilines is 1. The molecule has 3 N–H and O–H groups in total. The van der Waals surface area contributed by atoms with E-state index < -0.39 is 0 Å².